The third-order valence-corrected chi connectivity index (χ3v) is 4.38. The standard InChI is InChI=1S/C16H24N2S/c1-3-12-5-4-6-13(10-12)18-15-8-7-11(2)9-14(15)16(17)19/h7-9,12-13,18H,3-6,10H2,1-2H3,(H2,17,19). The monoisotopic (exact) mass is 276 g/mol. The molecule has 1 aromatic carbocycles. The second-order valence-corrected chi connectivity index (χ2v) is 6.14. The number of thiocarbonyl (C=S) groups is 1. The summed E-state index contributed by atoms with van der Waals surface area (Å²) in [5, 5.41) is 3.65. The molecule has 3 heteroatoms. The van der Waals surface area contributed by atoms with Gasteiger partial charge in [0.25, 0.3) is 0 Å². The number of nitrogens with one attached hydrogen (secondary N) is 1. The Bertz CT molecular complexity index is 456. The second kappa shape index (κ2) is 6.38. The van der Waals surface area contributed by atoms with E-state index in [1.165, 1.54) is 37.7 Å². The lowest BCUT2D eigenvalue weighted by molar-refractivity contribution is 0.327. The summed E-state index contributed by atoms with van der Waals surface area (Å²) in [4.78, 5) is 0.481. The molecule has 1 aromatic rings. The average Bonchev–Trinajstić information content (AvgIpc) is 2.41. The smallest absolute Gasteiger partial charge is 0.106 e. The van der Waals surface area contributed by atoms with Crippen molar-refractivity contribution in [1.29, 1.82) is 0 Å². The molecule has 0 saturated heterocycles. The first-order chi connectivity index (χ1) is 9.10. The Kier molecular flexibility index (Phi) is 4.81. The van der Waals surface area contributed by atoms with Gasteiger partial charge in [-0.05, 0) is 37.8 Å². The first-order valence-corrected chi connectivity index (χ1v) is 7.68. The highest BCUT2D eigenvalue weighted by Gasteiger charge is 2.21. The number of aryl methyl sites for hydroxylation is 1. The van der Waals surface area contributed by atoms with Crippen molar-refractivity contribution in [2.75, 3.05) is 5.32 Å². The highest BCUT2D eigenvalue weighted by molar-refractivity contribution is 7.80. The van der Waals surface area contributed by atoms with Crippen LogP contribution in [0.4, 0.5) is 5.69 Å². The summed E-state index contributed by atoms with van der Waals surface area (Å²) in [5.74, 6) is 0.866. The fraction of sp³-hybridized carbons (Fsp3) is 0.562. The van der Waals surface area contributed by atoms with Crippen LogP contribution in [0.3, 0.4) is 0 Å². The van der Waals surface area contributed by atoms with E-state index in [1.807, 2.05) is 0 Å². The summed E-state index contributed by atoms with van der Waals surface area (Å²) >= 11 is 5.16. The van der Waals surface area contributed by atoms with Gasteiger partial charge in [0.1, 0.15) is 4.99 Å². The topological polar surface area (TPSA) is 38.0 Å². The third kappa shape index (κ3) is 3.69. The van der Waals surface area contributed by atoms with Crippen molar-refractivity contribution in [2.24, 2.45) is 11.7 Å². The highest BCUT2D eigenvalue weighted by atomic mass is 32.1. The first-order valence-electron chi connectivity index (χ1n) is 7.27. The molecule has 0 bridgehead atoms. The van der Waals surface area contributed by atoms with Crippen molar-refractivity contribution < 1.29 is 0 Å². The van der Waals surface area contributed by atoms with Crippen LogP contribution >= 0.6 is 12.2 Å². The molecule has 104 valence electrons. The predicted octanol–water partition coefficient (Wildman–Crippen LogP) is 4.01. The Morgan fingerprint density at radius 1 is 1.42 bits per heavy atom. The summed E-state index contributed by atoms with van der Waals surface area (Å²) in [6.07, 6.45) is 6.51. The molecule has 0 radical (unpaired) electrons. The lowest BCUT2D eigenvalue weighted by atomic mass is 9.84. The molecule has 0 amide bonds. The fourth-order valence-corrected chi connectivity index (χ4v) is 3.17. The van der Waals surface area contributed by atoms with Crippen LogP contribution in [-0.2, 0) is 0 Å². The maximum absolute atomic E-state index is 5.83. The van der Waals surface area contributed by atoms with E-state index in [-0.39, 0.29) is 0 Å². The van der Waals surface area contributed by atoms with Crippen molar-refractivity contribution in [3.05, 3.63) is 29.3 Å². The van der Waals surface area contributed by atoms with Gasteiger partial charge in [-0.1, -0.05) is 50.0 Å². The minimum Gasteiger partial charge on any atom is -0.389 e. The van der Waals surface area contributed by atoms with Crippen molar-refractivity contribution in [2.45, 2.75) is 52.0 Å². The zero-order valence-corrected chi connectivity index (χ0v) is 12.7. The van der Waals surface area contributed by atoms with Gasteiger partial charge in [-0.2, -0.15) is 0 Å². The van der Waals surface area contributed by atoms with Gasteiger partial charge >= 0.3 is 0 Å². The first kappa shape index (κ1) is 14.3. The number of hydrogen-bond acceptors (Lipinski definition) is 2. The van der Waals surface area contributed by atoms with Gasteiger partial charge < -0.3 is 11.1 Å². The normalized spacial score (nSPS) is 23.1. The maximum atomic E-state index is 5.83. The summed E-state index contributed by atoms with van der Waals surface area (Å²) < 4.78 is 0. The number of anilines is 1. The molecule has 1 fully saturated rings. The molecule has 0 aromatic heterocycles. The molecule has 19 heavy (non-hydrogen) atoms. The Balaban J connectivity index is 2.12. The average molecular weight is 276 g/mol. The van der Waals surface area contributed by atoms with Crippen LogP contribution in [0.2, 0.25) is 0 Å². The van der Waals surface area contributed by atoms with Crippen LogP contribution < -0.4 is 11.1 Å². The number of benzene rings is 1. The van der Waals surface area contributed by atoms with Crippen LogP contribution in [0, 0.1) is 12.8 Å². The van der Waals surface area contributed by atoms with E-state index in [9.17, 15) is 0 Å². The van der Waals surface area contributed by atoms with E-state index in [0.717, 1.165) is 17.2 Å². The van der Waals surface area contributed by atoms with Gasteiger partial charge in [0.15, 0.2) is 0 Å². The Hall–Kier alpha value is -1.09. The molecule has 3 N–H and O–H groups in total. The Morgan fingerprint density at radius 3 is 2.89 bits per heavy atom. The van der Waals surface area contributed by atoms with E-state index >= 15 is 0 Å². The van der Waals surface area contributed by atoms with Crippen molar-refractivity contribution in [3.8, 4) is 0 Å². The zero-order chi connectivity index (χ0) is 13.8. The third-order valence-electron chi connectivity index (χ3n) is 4.16. The molecule has 1 aliphatic carbocycles. The van der Waals surface area contributed by atoms with E-state index in [2.05, 4.69) is 37.4 Å². The van der Waals surface area contributed by atoms with Crippen LogP contribution in [0.15, 0.2) is 18.2 Å². The van der Waals surface area contributed by atoms with Crippen LogP contribution in [0.25, 0.3) is 0 Å². The SMILES string of the molecule is CCC1CCCC(Nc2ccc(C)cc2C(N)=S)C1. The largest absolute Gasteiger partial charge is 0.389 e. The Labute approximate surface area is 121 Å². The molecular weight excluding hydrogens is 252 g/mol. The highest BCUT2D eigenvalue weighted by Crippen LogP contribution is 2.29. The van der Waals surface area contributed by atoms with Crippen LogP contribution in [0.1, 0.15) is 50.2 Å². The van der Waals surface area contributed by atoms with Gasteiger partial charge in [-0.25, -0.2) is 0 Å². The lowest BCUT2D eigenvalue weighted by Crippen LogP contribution is -2.28. The van der Waals surface area contributed by atoms with E-state index in [4.69, 9.17) is 18.0 Å². The molecule has 1 aliphatic rings. The second-order valence-electron chi connectivity index (χ2n) is 5.70. The van der Waals surface area contributed by atoms with Gasteiger partial charge in [0, 0.05) is 17.3 Å². The lowest BCUT2D eigenvalue weighted by Gasteiger charge is -2.30. The van der Waals surface area contributed by atoms with Crippen LogP contribution in [0.5, 0.6) is 0 Å². The minimum absolute atomic E-state index is 0.481. The summed E-state index contributed by atoms with van der Waals surface area (Å²) in [5.41, 5.74) is 9.11. The maximum Gasteiger partial charge on any atom is 0.106 e. The molecule has 0 aliphatic heterocycles. The van der Waals surface area contributed by atoms with E-state index in [0.29, 0.717) is 11.0 Å². The Morgan fingerprint density at radius 2 is 2.21 bits per heavy atom. The molecule has 0 spiro atoms. The fourth-order valence-electron chi connectivity index (χ4n) is 3.00. The summed E-state index contributed by atoms with van der Waals surface area (Å²) in [7, 11) is 0. The predicted molar refractivity (Wildman–Crippen MR) is 86.7 cm³/mol. The molecule has 2 atom stereocenters. The summed E-state index contributed by atoms with van der Waals surface area (Å²) in [6.45, 7) is 4.36. The van der Waals surface area contributed by atoms with Crippen molar-refractivity contribution in [3.63, 3.8) is 0 Å². The van der Waals surface area contributed by atoms with Crippen LogP contribution in [-0.4, -0.2) is 11.0 Å². The minimum atomic E-state index is 0.481. The summed E-state index contributed by atoms with van der Waals surface area (Å²) in [6, 6.07) is 6.86. The number of rotatable bonds is 4. The zero-order valence-electron chi connectivity index (χ0n) is 11.9. The van der Waals surface area contributed by atoms with Gasteiger partial charge in [-0.15, -0.1) is 0 Å². The molecule has 2 rings (SSSR count). The number of nitrogens with two attached hydrogens (primary N) is 1. The van der Waals surface area contributed by atoms with Gasteiger partial charge in [0.05, 0.1) is 0 Å². The van der Waals surface area contributed by atoms with Crippen molar-refractivity contribution in [1.82, 2.24) is 0 Å². The molecule has 2 unspecified atom stereocenters. The molecule has 0 heterocycles. The molecular formula is C16H24N2S. The van der Waals surface area contributed by atoms with Gasteiger partial charge in [0.2, 0.25) is 0 Å². The number of hydrogen-bond donors (Lipinski definition) is 2. The van der Waals surface area contributed by atoms with E-state index < -0.39 is 0 Å². The van der Waals surface area contributed by atoms with Gasteiger partial charge in [-0.3, -0.25) is 0 Å². The van der Waals surface area contributed by atoms with E-state index in [1.54, 1.807) is 0 Å². The molecule has 1 saturated carbocycles. The quantitative estimate of drug-likeness (QED) is 0.816. The molecule has 2 nitrogen and oxygen atoms in total. The van der Waals surface area contributed by atoms with Crippen molar-refractivity contribution >= 4 is 22.9 Å².